The van der Waals surface area contributed by atoms with Crippen molar-refractivity contribution in [1.29, 1.82) is 0 Å². The molecule has 29 heavy (non-hydrogen) atoms. The third-order valence-electron chi connectivity index (χ3n) is 6.38. The zero-order valence-corrected chi connectivity index (χ0v) is 17.0. The number of likely N-dealkylation sites (tertiary alicyclic amines) is 2. The highest BCUT2D eigenvalue weighted by Gasteiger charge is 2.39. The summed E-state index contributed by atoms with van der Waals surface area (Å²) in [4.78, 5) is 17.1. The molecule has 0 radical (unpaired) electrons. The molecule has 5 heteroatoms. The number of nitrogens with zero attached hydrogens (tertiary/aromatic N) is 2. The molecule has 2 fully saturated rings. The molecule has 4 rings (SSSR count). The standard InChI is InChI=1S/C24H29FN2O2/c1-29-21-9-6-18(7-10-21)12-15-27-23-13-14-26(17-20(23)8-11-24(27)28)16-19-4-2-3-5-22(19)25/h2-7,9-10,20,23H,8,11-17H2,1H3/t20-,23+/m1/s1. The minimum Gasteiger partial charge on any atom is -0.497 e. The first kappa shape index (κ1) is 19.9. The number of hydrogen-bond donors (Lipinski definition) is 0. The van der Waals surface area contributed by atoms with Crippen molar-refractivity contribution in [2.75, 3.05) is 26.7 Å². The molecular weight excluding hydrogens is 367 g/mol. The number of halogens is 1. The Morgan fingerprint density at radius 1 is 1.10 bits per heavy atom. The minimum absolute atomic E-state index is 0.130. The molecule has 0 unspecified atom stereocenters. The second-order valence-electron chi connectivity index (χ2n) is 8.17. The van der Waals surface area contributed by atoms with Gasteiger partial charge >= 0.3 is 0 Å². The molecule has 2 atom stereocenters. The molecule has 2 aromatic rings. The lowest BCUT2D eigenvalue weighted by Gasteiger charge is -2.47. The average Bonchev–Trinajstić information content (AvgIpc) is 2.75. The summed E-state index contributed by atoms with van der Waals surface area (Å²) in [6.45, 7) is 3.25. The van der Waals surface area contributed by atoms with E-state index in [1.165, 1.54) is 11.6 Å². The van der Waals surface area contributed by atoms with Crippen molar-refractivity contribution in [1.82, 2.24) is 9.80 Å². The van der Waals surface area contributed by atoms with E-state index in [9.17, 15) is 9.18 Å². The van der Waals surface area contributed by atoms with Crippen molar-refractivity contribution in [2.45, 2.75) is 38.3 Å². The van der Waals surface area contributed by atoms with Crippen LogP contribution < -0.4 is 4.74 Å². The van der Waals surface area contributed by atoms with Gasteiger partial charge in [-0.2, -0.15) is 0 Å². The Bertz CT molecular complexity index is 839. The number of methoxy groups -OCH3 is 1. The predicted molar refractivity (Wildman–Crippen MR) is 111 cm³/mol. The molecule has 0 N–H and O–H groups in total. The SMILES string of the molecule is COc1ccc(CCN2C(=O)CC[C@@H]3CN(Cc4ccccc4F)CC[C@@H]32)cc1. The van der Waals surface area contributed by atoms with Crippen molar-refractivity contribution in [3.05, 3.63) is 65.5 Å². The third-order valence-corrected chi connectivity index (χ3v) is 6.38. The van der Waals surface area contributed by atoms with Crippen molar-refractivity contribution < 1.29 is 13.9 Å². The van der Waals surface area contributed by atoms with Gasteiger partial charge in [0.2, 0.25) is 5.91 Å². The van der Waals surface area contributed by atoms with Crippen molar-refractivity contribution >= 4 is 5.91 Å². The predicted octanol–water partition coefficient (Wildman–Crippen LogP) is 3.89. The molecule has 0 saturated carbocycles. The summed E-state index contributed by atoms with van der Waals surface area (Å²) in [5, 5.41) is 0. The first-order valence-electron chi connectivity index (χ1n) is 10.5. The van der Waals surface area contributed by atoms with E-state index in [4.69, 9.17) is 4.74 Å². The molecule has 2 aliphatic rings. The highest BCUT2D eigenvalue weighted by molar-refractivity contribution is 5.77. The van der Waals surface area contributed by atoms with E-state index in [2.05, 4.69) is 21.9 Å². The van der Waals surface area contributed by atoms with Crippen LogP contribution in [-0.4, -0.2) is 48.5 Å². The lowest BCUT2D eigenvalue weighted by atomic mass is 9.83. The number of carbonyl (C=O) groups is 1. The fraction of sp³-hybridized carbons (Fsp3) is 0.458. The summed E-state index contributed by atoms with van der Waals surface area (Å²) in [7, 11) is 1.67. The Balaban J connectivity index is 1.36. The highest BCUT2D eigenvalue weighted by atomic mass is 19.1. The number of hydrogen-bond acceptors (Lipinski definition) is 3. The van der Waals surface area contributed by atoms with Gasteiger partial charge < -0.3 is 9.64 Å². The van der Waals surface area contributed by atoms with E-state index < -0.39 is 0 Å². The van der Waals surface area contributed by atoms with Gasteiger partial charge in [0.1, 0.15) is 11.6 Å². The van der Waals surface area contributed by atoms with Gasteiger partial charge in [0.05, 0.1) is 7.11 Å². The Labute approximate surface area is 172 Å². The fourth-order valence-electron chi connectivity index (χ4n) is 4.77. The molecule has 2 heterocycles. The average molecular weight is 397 g/mol. The number of fused-ring (bicyclic) bond motifs is 1. The van der Waals surface area contributed by atoms with E-state index in [1.807, 2.05) is 24.3 Å². The molecule has 2 aliphatic heterocycles. The topological polar surface area (TPSA) is 32.8 Å². The number of rotatable bonds is 6. The summed E-state index contributed by atoms with van der Waals surface area (Å²) in [6.07, 6.45) is 3.39. The third kappa shape index (κ3) is 4.61. The maximum absolute atomic E-state index is 14.0. The smallest absolute Gasteiger partial charge is 0.222 e. The lowest BCUT2D eigenvalue weighted by Crippen LogP contribution is -2.56. The summed E-state index contributed by atoms with van der Waals surface area (Å²) in [5.74, 6) is 1.48. The van der Waals surface area contributed by atoms with Crippen molar-refractivity contribution in [2.24, 2.45) is 5.92 Å². The number of amides is 1. The first-order valence-corrected chi connectivity index (χ1v) is 10.5. The van der Waals surface area contributed by atoms with Gasteiger partial charge in [-0.1, -0.05) is 30.3 Å². The van der Waals surface area contributed by atoms with Gasteiger partial charge in [0.25, 0.3) is 0 Å². The first-order chi connectivity index (χ1) is 14.1. The van der Waals surface area contributed by atoms with Crippen LogP contribution in [0, 0.1) is 11.7 Å². The maximum Gasteiger partial charge on any atom is 0.222 e. The van der Waals surface area contributed by atoms with Crippen molar-refractivity contribution in [3.63, 3.8) is 0 Å². The molecule has 2 aromatic carbocycles. The summed E-state index contributed by atoms with van der Waals surface area (Å²) in [5.41, 5.74) is 1.98. The quantitative estimate of drug-likeness (QED) is 0.743. The minimum atomic E-state index is -0.130. The van der Waals surface area contributed by atoms with Gasteiger partial charge in [-0.25, -0.2) is 4.39 Å². The van der Waals surface area contributed by atoms with E-state index in [0.717, 1.165) is 50.2 Å². The van der Waals surface area contributed by atoms with Crippen LogP contribution in [0.25, 0.3) is 0 Å². The number of ether oxygens (including phenoxy) is 1. The van der Waals surface area contributed by atoms with Crippen LogP contribution in [0.2, 0.25) is 0 Å². The van der Waals surface area contributed by atoms with E-state index >= 15 is 0 Å². The van der Waals surface area contributed by atoms with Crippen LogP contribution in [0.1, 0.15) is 30.4 Å². The highest BCUT2D eigenvalue weighted by Crippen LogP contribution is 2.32. The van der Waals surface area contributed by atoms with Crippen LogP contribution in [-0.2, 0) is 17.8 Å². The van der Waals surface area contributed by atoms with Gasteiger partial charge in [-0.3, -0.25) is 9.69 Å². The molecule has 1 amide bonds. The van der Waals surface area contributed by atoms with Gasteiger partial charge in [0.15, 0.2) is 0 Å². The zero-order chi connectivity index (χ0) is 20.2. The maximum atomic E-state index is 14.0. The normalized spacial score (nSPS) is 22.4. The molecule has 0 aromatic heterocycles. The zero-order valence-electron chi connectivity index (χ0n) is 17.0. The summed E-state index contributed by atoms with van der Waals surface area (Å²) < 4.78 is 19.2. The van der Waals surface area contributed by atoms with E-state index in [1.54, 1.807) is 13.2 Å². The van der Waals surface area contributed by atoms with Crippen molar-refractivity contribution in [3.8, 4) is 5.75 Å². The van der Waals surface area contributed by atoms with Crippen LogP contribution in [0.5, 0.6) is 5.75 Å². The number of benzene rings is 2. The largest absolute Gasteiger partial charge is 0.497 e. The van der Waals surface area contributed by atoms with Gasteiger partial charge in [0, 0.05) is 44.2 Å². The summed E-state index contributed by atoms with van der Waals surface area (Å²) in [6, 6.07) is 15.4. The Morgan fingerprint density at radius 3 is 2.66 bits per heavy atom. The summed E-state index contributed by atoms with van der Waals surface area (Å²) >= 11 is 0. The molecule has 0 bridgehead atoms. The second-order valence-corrected chi connectivity index (χ2v) is 8.17. The van der Waals surface area contributed by atoms with Gasteiger partial charge in [-0.15, -0.1) is 0 Å². The van der Waals surface area contributed by atoms with E-state index in [-0.39, 0.29) is 11.7 Å². The molecule has 0 spiro atoms. The molecule has 4 nitrogen and oxygen atoms in total. The Kier molecular flexibility index (Phi) is 6.14. The Morgan fingerprint density at radius 2 is 1.90 bits per heavy atom. The van der Waals surface area contributed by atoms with Crippen LogP contribution in [0.4, 0.5) is 4.39 Å². The van der Waals surface area contributed by atoms with Crippen LogP contribution >= 0.6 is 0 Å². The van der Waals surface area contributed by atoms with Crippen LogP contribution in [0.15, 0.2) is 48.5 Å². The van der Waals surface area contributed by atoms with Gasteiger partial charge in [-0.05, 0) is 48.9 Å². The Hall–Kier alpha value is -2.40. The van der Waals surface area contributed by atoms with Crippen LogP contribution in [0.3, 0.4) is 0 Å². The van der Waals surface area contributed by atoms with E-state index in [0.29, 0.717) is 24.9 Å². The molecule has 154 valence electrons. The monoisotopic (exact) mass is 396 g/mol. The number of piperidine rings is 2. The molecule has 2 saturated heterocycles. The second kappa shape index (κ2) is 8.95. The molecule has 0 aliphatic carbocycles. The molecular formula is C24H29FN2O2. The number of carbonyl (C=O) groups excluding carboxylic acids is 1. The fourth-order valence-corrected chi connectivity index (χ4v) is 4.77. The lowest BCUT2D eigenvalue weighted by molar-refractivity contribution is -0.141.